The lowest BCUT2D eigenvalue weighted by Crippen LogP contribution is -2.40. The minimum Gasteiger partial charge on any atom is -0.457 e. The van der Waals surface area contributed by atoms with Gasteiger partial charge in [-0.05, 0) is 47.5 Å². The number of nitrogens with zero attached hydrogens (tertiary/aromatic N) is 1. The smallest absolute Gasteiger partial charge is 0.457 e. The highest BCUT2D eigenvalue weighted by Gasteiger charge is 2.44. The molecule has 5 nitrogen and oxygen atoms in total. The van der Waals surface area contributed by atoms with Crippen molar-refractivity contribution in [3.05, 3.63) is 83.9 Å². The molecule has 0 amide bonds. The Hall–Kier alpha value is -3.51. The fourth-order valence-corrected chi connectivity index (χ4v) is 3.45. The minimum atomic E-state index is -4.91. The van der Waals surface area contributed by atoms with Crippen LogP contribution in [0.4, 0.5) is 36.4 Å². The van der Waals surface area contributed by atoms with E-state index in [4.69, 9.17) is 4.74 Å². The zero-order valence-corrected chi connectivity index (χ0v) is 20.2. The zero-order valence-electron chi connectivity index (χ0n) is 20.2. The second-order valence-corrected chi connectivity index (χ2v) is 8.50. The summed E-state index contributed by atoms with van der Waals surface area (Å²) in [6, 6.07) is 16.9. The summed E-state index contributed by atoms with van der Waals surface area (Å²) in [5, 5.41) is 12.1. The summed E-state index contributed by atoms with van der Waals surface area (Å²) in [4.78, 5) is 1.86. The van der Waals surface area contributed by atoms with Crippen molar-refractivity contribution in [2.75, 3.05) is 25.5 Å². The monoisotopic (exact) mass is 546 g/mol. The normalized spacial score (nSPS) is 13.8. The molecule has 0 saturated heterocycles. The van der Waals surface area contributed by atoms with Crippen LogP contribution in [-0.2, 0) is 0 Å². The summed E-state index contributed by atoms with van der Waals surface area (Å²) in [5.41, 5.74) is 1.32. The van der Waals surface area contributed by atoms with E-state index >= 15 is 0 Å². The van der Waals surface area contributed by atoms with Gasteiger partial charge in [0.1, 0.15) is 17.2 Å². The number of halogens is 7. The zero-order chi connectivity index (χ0) is 28.1. The molecule has 0 aromatic heterocycles. The van der Waals surface area contributed by atoms with E-state index in [0.717, 1.165) is 17.8 Å². The van der Waals surface area contributed by atoms with Gasteiger partial charge in [0.25, 0.3) is 0 Å². The van der Waals surface area contributed by atoms with Crippen molar-refractivity contribution in [2.24, 2.45) is 0 Å². The summed E-state index contributed by atoms with van der Waals surface area (Å²) < 4.78 is 101. The second kappa shape index (κ2) is 11.9. The molecule has 0 heterocycles. The Labute approximate surface area is 214 Å². The fraction of sp³-hybridized carbons (Fsp3) is 0.308. The van der Waals surface area contributed by atoms with Gasteiger partial charge in [-0.3, -0.25) is 0 Å². The summed E-state index contributed by atoms with van der Waals surface area (Å²) >= 11 is 0. The lowest BCUT2D eigenvalue weighted by atomic mass is 9.98. The molecule has 3 rings (SSSR count). The Kier molecular flexibility index (Phi) is 9.10. The van der Waals surface area contributed by atoms with Gasteiger partial charge in [-0.1, -0.05) is 30.3 Å². The Morgan fingerprint density at radius 1 is 0.816 bits per heavy atom. The van der Waals surface area contributed by atoms with Gasteiger partial charge in [0, 0.05) is 32.4 Å². The summed E-state index contributed by atoms with van der Waals surface area (Å²) in [5.74, 6) is 0.178. The number of alkyl halides is 7. The van der Waals surface area contributed by atoms with Crippen LogP contribution in [0.25, 0.3) is 0 Å². The number of aliphatic hydroxyl groups excluding tert-OH is 1. The number of ether oxygens (including phenoxy) is 2. The Morgan fingerprint density at radius 2 is 1.34 bits per heavy atom. The molecular weight excluding hydrogens is 521 g/mol. The first-order chi connectivity index (χ1) is 17.8. The third-order valence-corrected chi connectivity index (χ3v) is 5.35. The first kappa shape index (κ1) is 29.1. The molecule has 0 bridgehead atoms. The molecule has 2 unspecified atom stereocenters. The van der Waals surface area contributed by atoms with Crippen LogP contribution in [0.3, 0.4) is 0 Å². The van der Waals surface area contributed by atoms with Crippen LogP contribution in [0, 0.1) is 0 Å². The maximum Gasteiger partial charge on any atom is 0.461 e. The van der Waals surface area contributed by atoms with E-state index < -0.39 is 43.2 Å². The van der Waals surface area contributed by atoms with E-state index in [-0.39, 0.29) is 5.56 Å². The topological polar surface area (TPSA) is 54.0 Å². The van der Waals surface area contributed by atoms with E-state index in [2.05, 4.69) is 10.1 Å². The predicted octanol–water partition coefficient (Wildman–Crippen LogP) is 6.38. The number of hydrogen-bond donors (Lipinski definition) is 2. The molecule has 0 saturated carbocycles. The van der Waals surface area contributed by atoms with Gasteiger partial charge in [-0.15, -0.1) is 0 Å². The number of hydrogen-bond acceptors (Lipinski definition) is 5. The van der Waals surface area contributed by atoms with E-state index in [1.165, 1.54) is 18.2 Å². The van der Waals surface area contributed by atoms with Crippen molar-refractivity contribution in [3.63, 3.8) is 0 Å². The van der Waals surface area contributed by atoms with E-state index in [0.29, 0.717) is 17.1 Å². The minimum absolute atomic E-state index is 0.119. The van der Waals surface area contributed by atoms with E-state index in [9.17, 15) is 35.8 Å². The quantitative estimate of drug-likeness (QED) is 0.273. The molecule has 206 valence electrons. The fourth-order valence-electron chi connectivity index (χ4n) is 3.45. The first-order valence-electron chi connectivity index (χ1n) is 11.2. The third kappa shape index (κ3) is 7.75. The molecule has 38 heavy (non-hydrogen) atoms. The van der Waals surface area contributed by atoms with Crippen LogP contribution < -0.4 is 19.7 Å². The van der Waals surface area contributed by atoms with Crippen LogP contribution in [-0.4, -0.2) is 50.6 Å². The number of nitrogens with one attached hydrogen (secondary N) is 1. The molecular formula is C26H25F7N2O3. The second-order valence-electron chi connectivity index (χ2n) is 8.50. The van der Waals surface area contributed by atoms with Gasteiger partial charge in [0.2, 0.25) is 0 Å². The molecule has 3 aromatic rings. The molecule has 0 fully saturated rings. The highest BCUT2D eigenvalue weighted by Crippen LogP contribution is 2.33. The summed E-state index contributed by atoms with van der Waals surface area (Å²) in [6.07, 6.45) is -16.5. The predicted molar refractivity (Wildman–Crippen MR) is 127 cm³/mol. The van der Waals surface area contributed by atoms with Gasteiger partial charge in [-0.25, -0.2) is 0 Å². The average molecular weight is 546 g/mol. The van der Waals surface area contributed by atoms with Gasteiger partial charge in [0.05, 0.1) is 6.04 Å². The molecule has 0 aliphatic heterocycles. The molecule has 0 radical (unpaired) electrons. The maximum atomic E-state index is 13.4. The summed E-state index contributed by atoms with van der Waals surface area (Å²) in [6.45, 7) is -0.942. The molecule has 0 spiro atoms. The number of rotatable bonds is 11. The van der Waals surface area contributed by atoms with Gasteiger partial charge >= 0.3 is 18.7 Å². The van der Waals surface area contributed by atoms with Crippen molar-refractivity contribution < 1.29 is 45.3 Å². The number of anilines is 1. The van der Waals surface area contributed by atoms with Crippen LogP contribution in [0.5, 0.6) is 17.2 Å². The molecule has 0 aliphatic carbocycles. The van der Waals surface area contributed by atoms with Crippen LogP contribution in [0.2, 0.25) is 0 Å². The largest absolute Gasteiger partial charge is 0.461 e. The van der Waals surface area contributed by atoms with Gasteiger partial charge in [0.15, 0.2) is 6.10 Å². The average Bonchev–Trinajstić information content (AvgIpc) is 2.84. The summed E-state index contributed by atoms with van der Waals surface area (Å²) in [7, 11) is 3.70. The van der Waals surface area contributed by atoms with Crippen molar-refractivity contribution >= 4 is 5.69 Å². The maximum absolute atomic E-state index is 13.4. The molecule has 2 N–H and O–H groups in total. The van der Waals surface area contributed by atoms with Gasteiger partial charge < -0.3 is 24.8 Å². The number of benzene rings is 3. The van der Waals surface area contributed by atoms with Crippen molar-refractivity contribution in [1.82, 2.24) is 5.32 Å². The Balaban J connectivity index is 1.94. The SMILES string of the molecule is CN(C)c1cccc(Oc2cccc(C(NCC(O)C(F)(F)F)c3cccc(OC(F)(F)C(F)F)c3)c2)c1. The Bertz CT molecular complexity index is 1210. The first-order valence-corrected chi connectivity index (χ1v) is 11.2. The van der Waals surface area contributed by atoms with E-state index in [1.807, 2.05) is 25.1 Å². The van der Waals surface area contributed by atoms with Crippen molar-refractivity contribution in [2.45, 2.75) is 30.9 Å². The highest BCUT2D eigenvalue weighted by molar-refractivity contribution is 5.50. The van der Waals surface area contributed by atoms with Gasteiger partial charge in [-0.2, -0.15) is 30.7 Å². The number of aliphatic hydroxyl groups is 1. The Morgan fingerprint density at radius 3 is 1.89 bits per heavy atom. The van der Waals surface area contributed by atoms with Crippen LogP contribution in [0.15, 0.2) is 72.8 Å². The molecule has 3 aromatic carbocycles. The third-order valence-electron chi connectivity index (χ3n) is 5.35. The lowest BCUT2D eigenvalue weighted by Gasteiger charge is -2.24. The van der Waals surface area contributed by atoms with Crippen molar-refractivity contribution in [1.29, 1.82) is 0 Å². The van der Waals surface area contributed by atoms with E-state index in [1.54, 1.807) is 36.4 Å². The van der Waals surface area contributed by atoms with Crippen molar-refractivity contribution in [3.8, 4) is 17.2 Å². The van der Waals surface area contributed by atoms with Crippen LogP contribution >= 0.6 is 0 Å². The lowest BCUT2D eigenvalue weighted by molar-refractivity contribution is -0.253. The highest BCUT2D eigenvalue weighted by atomic mass is 19.4. The van der Waals surface area contributed by atoms with Crippen LogP contribution in [0.1, 0.15) is 17.2 Å². The standard InChI is InChI=1S/C26H25F7N2O3/c1-35(2)18-8-5-10-20(14-18)37-19-9-3-6-16(12-19)23(34-15-22(36)25(29,30)31)17-7-4-11-21(13-17)38-26(32,33)24(27)28/h3-14,22-24,34,36H,15H2,1-2H3. The molecule has 2 atom stereocenters. The molecule has 12 heteroatoms. The molecule has 0 aliphatic rings.